The maximum atomic E-state index is 11.8. The number of hydrogen-bond acceptors (Lipinski definition) is 4. The first-order chi connectivity index (χ1) is 8.26. The van der Waals surface area contributed by atoms with Crippen LogP contribution in [0.5, 0.6) is 5.75 Å². The smallest absolute Gasteiger partial charge is 0.181 e. The molecule has 0 aromatic heterocycles. The third kappa shape index (κ3) is 2.36. The molecule has 0 saturated carbocycles. The number of methoxy groups -OCH3 is 1. The lowest BCUT2D eigenvalue weighted by atomic mass is 9.87. The summed E-state index contributed by atoms with van der Waals surface area (Å²) in [5, 5.41) is 0. The van der Waals surface area contributed by atoms with Gasteiger partial charge >= 0.3 is 0 Å². The lowest BCUT2D eigenvalue weighted by molar-refractivity contribution is -0.114. The number of carbonyl (C=O) groups excluding carboxylic acids is 1. The minimum Gasteiger partial charge on any atom is -0.497 e. The molecule has 1 unspecified atom stereocenters. The molecule has 0 fully saturated rings. The second-order valence-electron chi connectivity index (χ2n) is 4.07. The Morgan fingerprint density at radius 3 is 3.00 bits per heavy atom. The summed E-state index contributed by atoms with van der Waals surface area (Å²) in [5.41, 5.74) is 7.30. The van der Waals surface area contributed by atoms with Crippen LogP contribution in [0, 0.1) is 0 Å². The summed E-state index contributed by atoms with van der Waals surface area (Å²) in [4.78, 5) is 16.0. The van der Waals surface area contributed by atoms with E-state index in [1.807, 2.05) is 18.2 Å². The number of ether oxygens (including phenoxy) is 1. The Kier molecular flexibility index (Phi) is 3.54. The molecule has 17 heavy (non-hydrogen) atoms. The minimum atomic E-state index is -0.124. The molecule has 0 amide bonds. The molecular formula is C13H16N2O2. The first-order valence-electron chi connectivity index (χ1n) is 5.72. The van der Waals surface area contributed by atoms with Crippen molar-refractivity contribution >= 4 is 17.7 Å². The molecule has 4 heteroatoms. The third-order valence-corrected chi connectivity index (χ3v) is 2.98. The van der Waals surface area contributed by atoms with E-state index in [1.54, 1.807) is 7.11 Å². The Morgan fingerprint density at radius 1 is 1.47 bits per heavy atom. The quantitative estimate of drug-likeness (QED) is 0.860. The van der Waals surface area contributed by atoms with Crippen LogP contribution in [0.2, 0.25) is 0 Å². The zero-order valence-corrected chi connectivity index (χ0v) is 9.85. The summed E-state index contributed by atoms with van der Waals surface area (Å²) in [6, 6.07) is 5.63. The van der Waals surface area contributed by atoms with Crippen LogP contribution in [0.25, 0.3) is 0 Å². The molecule has 1 aromatic carbocycles. The van der Waals surface area contributed by atoms with Gasteiger partial charge in [-0.25, -0.2) is 0 Å². The van der Waals surface area contributed by atoms with E-state index in [-0.39, 0.29) is 11.7 Å². The van der Waals surface area contributed by atoms with Crippen molar-refractivity contribution < 1.29 is 9.53 Å². The molecular weight excluding hydrogens is 216 g/mol. The topological polar surface area (TPSA) is 64.7 Å². The Bertz CT molecular complexity index is 455. The number of rotatable bonds is 4. The number of nitrogens with zero attached hydrogens (tertiary/aromatic N) is 1. The fourth-order valence-corrected chi connectivity index (χ4v) is 2.05. The first kappa shape index (κ1) is 11.8. The van der Waals surface area contributed by atoms with Crippen molar-refractivity contribution in [3.63, 3.8) is 0 Å². The zero-order valence-electron chi connectivity index (χ0n) is 9.85. The fraction of sp³-hybridized carbons (Fsp3) is 0.385. The van der Waals surface area contributed by atoms with Gasteiger partial charge in [-0.1, -0.05) is 0 Å². The largest absolute Gasteiger partial charge is 0.497 e. The van der Waals surface area contributed by atoms with Gasteiger partial charge in [0.25, 0.3) is 0 Å². The van der Waals surface area contributed by atoms with Crippen LogP contribution in [0.3, 0.4) is 0 Å². The van der Waals surface area contributed by atoms with E-state index in [0.29, 0.717) is 6.54 Å². The summed E-state index contributed by atoms with van der Waals surface area (Å²) >= 11 is 0. The van der Waals surface area contributed by atoms with Gasteiger partial charge in [-0.05, 0) is 43.1 Å². The maximum Gasteiger partial charge on any atom is 0.181 e. The highest BCUT2D eigenvalue weighted by Crippen LogP contribution is 2.36. The minimum absolute atomic E-state index is 0.0548. The average molecular weight is 232 g/mol. The molecule has 1 atom stereocenters. The van der Waals surface area contributed by atoms with Gasteiger partial charge in [0.15, 0.2) is 5.78 Å². The SMILES string of the molecule is COc1ccc2c(c1)C(CCCN)C(=O)C=N2. The molecule has 0 spiro atoms. The van der Waals surface area contributed by atoms with Crippen LogP contribution in [0.4, 0.5) is 5.69 Å². The Balaban J connectivity index is 2.35. The Morgan fingerprint density at radius 2 is 2.29 bits per heavy atom. The standard InChI is InChI=1S/C13H16N2O2/c1-17-9-4-5-12-11(7-9)10(3-2-6-14)13(16)8-15-12/h4-5,7-8,10H,2-3,6,14H2,1H3. The predicted molar refractivity (Wildman–Crippen MR) is 67.2 cm³/mol. The van der Waals surface area contributed by atoms with Gasteiger partial charge < -0.3 is 10.5 Å². The van der Waals surface area contributed by atoms with Crippen LogP contribution in [-0.4, -0.2) is 25.7 Å². The molecule has 0 aliphatic carbocycles. The number of nitrogens with two attached hydrogens (primary N) is 1. The van der Waals surface area contributed by atoms with Crippen LogP contribution < -0.4 is 10.5 Å². The number of ketones is 1. The summed E-state index contributed by atoms with van der Waals surface area (Å²) in [5.74, 6) is 0.687. The Labute approximate surface area is 100 Å². The first-order valence-corrected chi connectivity index (χ1v) is 5.72. The Hall–Kier alpha value is -1.68. The normalized spacial score (nSPS) is 18.0. The molecule has 1 aliphatic rings. The second kappa shape index (κ2) is 5.10. The molecule has 1 aromatic rings. The highest BCUT2D eigenvalue weighted by molar-refractivity contribution is 6.31. The van der Waals surface area contributed by atoms with Gasteiger partial charge in [0.1, 0.15) is 5.75 Å². The number of fused-ring (bicyclic) bond motifs is 1. The van der Waals surface area contributed by atoms with E-state index >= 15 is 0 Å². The number of benzene rings is 1. The van der Waals surface area contributed by atoms with E-state index in [1.165, 1.54) is 6.21 Å². The van der Waals surface area contributed by atoms with E-state index in [0.717, 1.165) is 29.8 Å². The van der Waals surface area contributed by atoms with Gasteiger partial charge in [-0.2, -0.15) is 0 Å². The van der Waals surface area contributed by atoms with E-state index < -0.39 is 0 Å². The van der Waals surface area contributed by atoms with Gasteiger partial charge in [0.2, 0.25) is 0 Å². The van der Waals surface area contributed by atoms with Crippen molar-refractivity contribution in [2.75, 3.05) is 13.7 Å². The van der Waals surface area contributed by atoms with Crippen molar-refractivity contribution in [3.8, 4) is 5.75 Å². The van der Waals surface area contributed by atoms with Gasteiger partial charge in [-0.15, -0.1) is 0 Å². The number of aliphatic imine (C=N–C) groups is 1. The van der Waals surface area contributed by atoms with Crippen LogP contribution in [-0.2, 0) is 4.79 Å². The number of carbonyl (C=O) groups is 1. The number of hydrogen-bond donors (Lipinski definition) is 1. The zero-order chi connectivity index (χ0) is 12.3. The average Bonchev–Trinajstić information content (AvgIpc) is 2.37. The molecule has 2 rings (SSSR count). The summed E-state index contributed by atoms with van der Waals surface area (Å²) in [6.45, 7) is 0.597. The molecule has 1 heterocycles. The fourth-order valence-electron chi connectivity index (χ4n) is 2.05. The summed E-state index contributed by atoms with van der Waals surface area (Å²) < 4.78 is 5.18. The van der Waals surface area contributed by atoms with E-state index in [9.17, 15) is 4.79 Å². The van der Waals surface area contributed by atoms with Crippen molar-refractivity contribution in [2.24, 2.45) is 10.7 Å². The molecule has 0 radical (unpaired) electrons. The number of Topliss-reactive ketones (excluding diaryl/α,β-unsaturated/α-hetero) is 1. The van der Waals surface area contributed by atoms with Gasteiger partial charge in [0, 0.05) is 0 Å². The van der Waals surface area contributed by atoms with Gasteiger partial charge in [0.05, 0.1) is 24.9 Å². The summed E-state index contributed by atoms with van der Waals surface area (Å²) in [6.07, 6.45) is 3.01. The molecule has 2 N–H and O–H groups in total. The van der Waals surface area contributed by atoms with Crippen molar-refractivity contribution in [1.29, 1.82) is 0 Å². The maximum absolute atomic E-state index is 11.8. The van der Waals surface area contributed by atoms with Crippen molar-refractivity contribution in [1.82, 2.24) is 0 Å². The van der Waals surface area contributed by atoms with Crippen LogP contribution in [0.15, 0.2) is 23.2 Å². The van der Waals surface area contributed by atoms with Crippen LogP contribution in [0.1, 0.15) is 24.3 Å². The third-order valence-electron chi connectivity index (χ3n) is 2.98. The van der Waals surface area contributed by atoms with Crippen molar-refractivity contribution in [3.05, 3.63) is 23.8 Å². The predicted octanol–water partition coefficient (Wildman–Crippen LogP) is 1.80. The van der Waals surface area contributed by atoms with Crippen LogP contribution >= 0.6 is 0 Å². The molecule has 4 nitrogen and oxygen atoms in total. The highest BCUT2D eigenvalue weighted by Gasteiger charge is 2.25. The molecule has 1 aliphatic heterocycles. The molecule has 0 saturated heterocycles. The van der Waals surface area contributed by atoms with E-state index in [4.69, 9.17) is 10.5 Å². The highest BCUT2D eigenvalue weighted by atomic mass is 16.5. The lowest BCUT2D eigenvalue weighted by Crippen LogP contribution is -2.18. The molecule has 90 valence electrons. The second-order valence-corrected chi connectivity index (χ2v) is 4.07. The lowest BCUT2D eigenvalue weighted by Gasteiger charge is -2.20. The summed E-state index contributed by atoms with van der Waals surface area (Å²) in [7, 11) is 1.62. The monoisotopic (exact) mass is 232 g/mol. The van der Waals surface area contributed by atoms with Gasteiger partial charge in [-0.3, -0.25) is 9.79 Å². The van der Waals surface area contributed by atoms with E-state index in [2.05, 4.69) is 4.99 Å². The molecule has 0 bridgehead atoms. The van der Waals surface area contributed by atoms with Crippen molar-refractivity contribution in [2.45, 2.75) is 18.8 Å².